The molecule has 1 nitrogen and oxygen atoms in total. The summed E-state index contributed by atoms with van der Waals surface area (Å²) >= 11 is 0. The van der Waals surface area contributed by atoms with E-state index in [-0.39, 0.29) is 0 Å². The third-order valence-corrected chi connectivity index (χ3v) is 2.88. The Morgan fingerprint density at radius 3 is 2.33 bits per heavy atom. The van der Waals surface area contributed by atoms with E-state index >= 15 is 0 Å². The van der Waals surface area contributed by atoms with Crippen LogP contribution in [0.1, 0.15) is 20.3 Å². The van der Waals surface area contributed by atoms with Crippen LogP contribution in [0.25, 0.3) is 11.1 Å². The van der Waals surface area contributed by atoms with Crippen molar-refractivity contribution in [3.05, 3.63) is 66.4 Å². The van der Waals surface area contributed by atoms with Gasteiger partial charge in [0.05, 0.1) is 5.76 Å². The maximum atomic E-state index is 5.96. The van der Waals surface area contributed by atoms with E-state index in [2.05, 4.69) is 25.1 Å². The molecule has 0 spiro atoms. The molecular formula is C17H18O. The first-order valence-electron chi connectivity index (χ1n) is 6.32. The zero-order valence-electron chi connectivity index (χ0n) is 10.9. The number of hydrogen-bond acceptors (Lipinski definition) is 1. The topological polar surface area (TPSA) is 9.23 Å². The molecule has 0 fully saturated rings. The monoisotopic (exact) mass is 238 g/mol. The zero-order chi connectivity index (χ0) is 12.8. The lowest BCUT2D eigenvalue weighted by atomic mass is 10.0. The fraction of sp³-hybridized carbons (Fsp3) is 0.176. The van der Waals surface area contributed by atoms with Crippen LogP contribution in [-0.4, -0.2) is 0 Å². The van der Waals surface area contributed by atoms with Gasteiger partial charge in [0, 0.05) is 12.0 Å². The van der Waals surface area contributed by atoms with Gasteiger partial charge in [0.25, 0.3) is 0 Å². The average molecular weight is 238 g/mol. The highest BCUT2D eigenvalue weighted by molar-refractivity contribution is 5.70. The summed E-state index contributed by atoms with van der Waals surface area (Å²) in [4.78, 5) is 0. The van der Waals surface area contributed by atoms with Gasteiger partial charge < -0.3 is 4.74 Å². The third kappa shape index (κ3) is 2.80. The van der Waals surface area contributed by atoms with Gasteiger partial charge in [-0.3, -0.25) is 0 Å². The molecule has 0 saturated heterocycles. The van der Waals surface area contributed by atoms with Crippen molar-refractivity contribution in [2.24, 2.45) is 0 Å². The summed E-state index contributed by atoms with van der Waals surface area (Å²) < 4.78 is 5.96. The fourth-order valence-electron chi connectivity index (χ4n) is 1.89. The minimum atomic E-state index is 0.902. The van der Waals surface area contributed by atoms with Crippen LogP contribution in [0.3, 0.4) is 0 Å². The molecule has 0 aliphatic carbocycles. The normalized spacial score (nSPS) is 11.3. The Kier molecular flexibility index (Phi) is 4.19. The summed E-state index contributed by atoms with van der Waals surface area (Å²) in [5.41, 5.74) is 2.31. The molecule has 0 atom stereocenters. The highest BCUT2D eigenvalue weighted by Crippen LogP contribution is 2.31. The molecule has 0 N–H and O–H groups in total. The van der Waals surface area contributed by atoms with E-state index in [1.54, 1.807) is 0 Å². The zero-order valence-corrected chi connectivity index (χ0v) is 10.9. The van der Waals surface area contributed by atoms with E-state index in [4.69, 9.17) is 4.74 Å². The van der Waals surface area contributed by atoms with Gasteiger partial charge in [-0.2, -0.15) is 0 Å². The average Bonchev–Trinajstić information content (AvgIpc) is 2.46. The summed E-state index contributed by atoms with van der Waals surface area (Å²) in [5, 5.41) is 0. The Bertz CT molecular complexity index is 526. The fourth-order valence-corrected chi connectivity index (χ4v) is 1.89. The molecule has 0 saturated carbocycles. The molecule has 0 amide bonds. The van der Waals surface area contributed by atoms with Gasteiger partial charge in [0.15, 0.2) is 0 Å². The SMILES string of the molecule is CC=C(CC)Oc1ccccc1-c1ccccc1. The number of hydrogen-bond donors (Lipinski definition) is 0. The second-order valence-corrected chi connectivity index (χ2v) is 4.07. The van der Waals surface area contributed by atoms with Crippen molar-refractivity contribution in [1.29, 1.82) is 0 Å². The predicted molar refractivity (Wildman–Crippen MR) is 76.6 cm³/mol. The quantitative estimate of drug-likeness (QED) is 0.677. The Labute approximate surface area is 109 Å². The maximum Gasteiger partial charge on any atom is 0.134 e. The molecule has 0 aliphatic rings. The molecule has 2 aromatic rings. The summed E-state index contributed by atoms with van der Waals surface area (Å²) in [6.07, 6.45) is 2.92. The smallest absolute Gasteiger partial charge is 0.134 e. The van der Waals surface area contributed by atoms with Crippen molar-refractivity contribution in [3.8, 4) is 16.9 Å². The van der Waals surface area contributed by atoms with Crippen molar-refractivity contribution in [2.45, 2.75) is 20.3 Å². The highest BCUT2D eigenvalue weighted by Gasteiger charge is 2.06. The van der Waals surface area contributed by atoms with Crippen LogP contribution >= 0.6 is 0 Å². The first-order chi connectivity index (χ1) is 8.85. The van der Waals surface area contributed by atoms with Crippen molar-refractivity contribution in [1.82, 2.24) is 0 Å². The summed E-state index contributed by atoms with van der Waals surface area (Å²) in [6.45, 7) is 4.10. The second kappa shape index (κ2) is 6.06. The van der Waals surface area contributed by atoms with Gasteiger partial charge in [-0.25, -0.2) is 0 Å². The van der Waals surface area contributed by atoms with Crippen molar-refractivity contribution in [3.63, 3.8) is 0 Å². The van der Waals surface area contributed by atoms with E-state index in [1.807, 2.05) is 49.4 Å². The highest BCUT2D eigenvalue weighted by atomic mass is 16.5. The largest absolute Gasteiger partial charge is 0.461 e. The summed E-state index contributed by atoms with van der Waals surface area (Å²) in [5.74, 6) is 1.91. The number of benzene rings is 2. The van der Waals surface area contributed by atoms with Gasteiger partial charge in [0.1, 0.15) is 5.75 Å². The minimum Gasteiger partial charge on any atom is -0.461 e. The lowest BCUT2D eigenvalue weighted by molar-refractivity contribution is 0.410. The predicted octanol–water partition coefficient (Wildman–Crippen LogP) is 5.05. The molecule has 0 heterocycles. The number of para-hydroxylation sites is 1. The molecule has 1 heteroatoms. The van der Waals surface area contributed by atoms with E-state index in [0.717, 1.165) is 23.5 Å². The molecule has 0 radical (unpaired) electrons. The van der Waals surface area contributed by atoms with Crippen LogP contribution < -0.4 is 4.74 Å². The van der Waals surface area contributed by atoms with Gasteiger partial charge in [-0.15, -0.1) is 0 Å². The van der Waals surface area contributed by atoms with Gasteiger partial charge >= 0.3 is 0 Å². The van der Waals surface area contributed by atoms with Crippen LogP contribution in [0.4, 0.5) is 0 Å². The van der Waals surface area contributed by atoms with Gasteiger partial charge in [-0.1, -0.05) is 55.5 Å². The lowest BCUT2D eigenvalue weighted by Gasteiger charge is -2.12. The number of allylic oxidation sites excluding steroid dienone is 2. The van der Waals surface area contributed by atoms with Crippen molar-refractivity contribution < 1.29 is 4.74 Å². The lowest BCUT2D eigenvalue weighted by Crippen LogP contribution is -1.95. The molecule has 18 heavy (non-hydrogen) atoms. The molecule has 2 aromatic carbocycles. The number of rotatable bonds is 4. The Hall–Kier alpha value is -2.02. The van der Waals surface area contributed by atoms with Crippen LogP contribution in [0.2, 0.25) is 0 Å². The van der Waals surface area contributed by atoms with Crippen LogP contribution in [-0.2, 0) is 0 Å². The molecule has 0 aliphatic heterocycles. The van der Waals surface area contributed by atoms with Crippen LogP contribution in [0.5, 0.6) is 5.75 Å². The molecule has 2 rings (SSSR count). The van der Waals surface area contributed by atoms with Crippen LogP contribution in [0, 0.1) is 0 Å². The minimum absolute atomic E-state index is 0.902. The van der Waals surface area contributed by atoms with Gasteiger partial charge in [-0.05, 0) is 24.6 Å². The van der Waals surface area contributed by atoms with Crippen LogP contribution in [0.15, 0.2) is 66.4 Å². The van der Waals surface area contributed by atoms with E-state index < -0.39 is 0 Å². The first-order valence-corrected chi connectivity index (χ1v) is 6.32. The second-order valence-electron chi connectivity index (χ2n) is 4.07. The molecule has 0 aromatic heterocycles. The molecule has 0 unspecified atom stereocenters. The van der Waals surface area contributed by atoms with Crippen molar-refractivity contribution >= 4 is 0 Å². The van der Waals surface area contributed by atoms with E-state index in [9.17, 15) is 0 Å². The van der Waals surface area contributed by atoms with Crippen molar-refractivity contribution in [2.75, 3.05) is 0 Å². The molecule has 92 valence electrons. The summed E-state index contributed by atoms with van der Waals surface area (Å²) in [6, 6.07) is 18.5. The Morgan fingerprint density at radius 2 is 1.67 bits per heavy atom. The summed E-state index contributed by atoms with van der Waals surface area (Å²) in [7, 11) is 0. The van der Waals surface area contributed by atoms with E-state index in [1.165, 1.54) is 5.56 Å². The first kappa shape index (κ1) is 12.4. The third-order valence-electron chi connectivity index (χ3n) is 2.88. The number of ether oxygens (including phenoxy) is 1. The molecule has 0 bridgehead atoms. The maximum absolute atomic E-state index is 5.96. The Balaban J connectivity index is 2.38. The van der Waals surface area contributed by atoms with E-state index in [0.29, 0.717) is 0 Å². The molecular weight excluding hydrogens is 220 g/mol. The Morgan fingerprint density at radius 1 is 1.00 bits per heavy atom. The van der Waals surface area contributed by atoms with Gasteiger partial charge in [0.2, 0.25) is 0 Å². The standard InChI is InChI=1S/C17H18O/c1-3-15(4-2)18-17-13-9-8-12-16(17)14-10-6-5-7-11-14/h3,5-13H,4H2,1-2H3.